The van der Waals surface area contributed by atoms with Crippen LogP contribution in [-0.4, -0.2) is 16.3 Å². The predicted molar refractivity (Wildman–Crippen MR) is 51.8 cm³/mol. The molecule has 11 heteroatoms. The molecule has 0 atom stereocenters. The Morgan fingerprint density at radius 3 is 2.50 bits per heavy atom. The maximum absolute atomic E-state index is 12.6. The van der Waals surface area contributed by atoms with Gasteiger partial charge in [0.1, 0.15) is 11.3 Å². The standard InChI is InChI=1S/C9H4F5N3O3/c10-8(11)4-3-16-5(1-2-15)7(6(4)17(18)19)20-9(12,13)14/h3,8H,1H2. The van der Waals surface area contributed by atoms with Crippen LogP contribution in [0.5, 0.6) is 5.75 Å². The number of hydrogen-bond acceptors (Lipinski definition) is 5. The summed E-state index contributed by atoms with van der Waals surface area (Å²) in [4.78, 5) is 12.4. The number of halogens is 5. The SMILES string of the molecule is N#CCc1ncc(C(F)F)c([N+](=O)[O-])c1OC(F)(F)F. The van der Waals surface area contributed by atoms with Gasteiger partial charge in [-0.05, 0) is 0 Å². The molecule has 0 N–H and O–H groups in total. The number of ether oxygens (including phenoxy) is 1. The molecule has 0 saturated carbocycles. The van der Waals surface area contributed by atoms with E-state index in [2.05, 4.69) is 9.72 Å². The van der Waals surface area contributed by atoms with Gasteiger partial charge in [-0.25, -0.2) is 8.78 Å². The lowest BCUT2D eigenvalue weighted by atomic mass is 10.1. The lowest BCUT2D eigenvalue weighted by Crippen LogP contribution is -2.20. The van der Waals surface area contributed by atoms with Gasteiger partial charge in [0.15, 0.2) is 0 Å². The van der Waals surface area contributed by atoms with Crippen molar-refractivity contribution in [1.82, 2.24) is 4.98 Å². The van der Waals surface area contributed by atoms with Crippen molar-refractivity contribution in [2.75, 3.05) is 0 Å². The highest BCUT2D eigenvalue weighted by Crippen LogP contribution is 2.40. The number of aromatic nitrogens is 1. The third-order valence-corrected chi connectivity index (χ3v) is 1.99. The van der Waals surface area contributed by atoms with E-state index >= 15 is 0 Å². The first kappa shape index (κ1) is 15.5. The van der Waals surface area contributed by atoms with Crippen LogP contribution >= 0.6 is 0 Å². The van der Waals surface area contributed by atoms with Gasteiger partial charge in [-0.15, -0.1) is 13.2 Å². The maximum Gasteiger partial charge on any atom is 0.573 e. The summed E-state index contributed by atoms with van der Waals surface area (Å²) in [5.41, 5.74) is -3.63. The van der Waals surface area contributed by atoms with Crippen molar-refractivity contribution in [3.05, 3.63) is 27.6 Å². The van der Waals surface area contributed by atoms with Crippen LogP contribution in [0, 0.1) is 21.4 Å². The number of pyridine rings is 1. The largest absolute Gasteiger partial charge is 0.573 e. The van der Waals surface area contributed by atoms with Crippen LogP contribution in [0.4, 0.5) is 27.6 Å². The summed E-state index contributed by atoms with van der Waals surface area (Å²) in [7, 11) is 0. The molecule has 0 aliphatic heterocycles. The van der Waals surface area contributed by atoms with Crippen molar-refractivity contribution in [3.63, 3.8) is 0 Å². The van der Waals surface area contributed by atoms with E-state index in [1.165, 1.54) is 6.07 Å². The van der Waals surface area contributed by atoms with Gasteiger partial charge in [0.05, 0.1) is 17.4 Å². The zero-order valence-electron chi connectivity index (χ0n) is 9.32. The molecule has 1 aromatic rings. The monoisotopic (exact) mass is 297 g/mol. The number of nitriles is 1. The van der Waals surface area contributed by atoms with E-state index in [0.717, 1.165) is 0 Å². The van der Waals surface area contributed by atoms with Crippen LogP contribution in [0.15, 0.2) is 6.20 Å². The van der Waals surface area contributed by atoms with Gasteiger partial charge in [-0.1, -0.05) is 0 Å². The van der Waals surface area contributed by atoms with Gasteiger partial charge in [-0.3, -0.25) is 15.1 Å². The van der Waals surface area contributed by atoms with E-state index in [1.54, 1.807) is 0 Å². The Labute approximate surface area is 107 Å². The molecule has 20 heavy (non-hydrogen) atoms. The lowest BCUT2D eigenvalue weighted by molar-refractivity contribution is -0.390. The van der Waals surface area contributed by atoms with Gasteiger partial charge in [0.2, 0.25) is 5.75 Å². The van der Waals surface area contributed by atoms with Crippen LogP contribution in [0.3, 0.4) is 0 Å². The zero-order valence-corrected chi connectivity index (χ0v) is 9.32. The fourth-order valence-corrected chi connectivity index (χ4v) is 1.31. The summed E-state index contributed by atoms with van der Waals surface area (Å²) in [6.07, 6.45) is -9.19. The number of rotatable bonds is 4. The molecule has 0 aliphatic carbocycles. The first-order valence-corrected chi connectivity index (χ1v) is 4.74. The van der Waals surface area contributed by atoms with Gasteiger partial charge in [0.25, 0.3) is 6.43 Å². The second-order valence-electron chi connectivity index (χ2n) is 3.28. The van der Waals surface area contributed by atoms with Crippen LogP contribution in [-0.2, 0) is 6.42 Å². The quantitative estimate of drug-likeness (QED) is 0.484. The molecule has 0 saturated heterocycles. The Hall–Kier alpha value is -2.51. The van der Waals surface area contributed by atoms with Crippen molar-refractivity contribution < 1.29 is 31.6 Å². The lowest BCUT2D eigenvalue weighted by Gasteiger charge is -2.13. The van der Waals surface area contributed by atoms with Crippen molar-refractivity contribution in [3.8, 4) is 11.8 Å². The van der Waals surface area contributed by atoms with Crippen LogP contribution in [0.2, 0.25) is 0 Å². The van der Waals surface area contributed by atoms with Gasteiger partial charge in [-0.2, -0.15) is 5.26 Å². The van der Waals surface area contributed by atoms with E-state index < -0.39 is 46.8 Å². The number of nitrogens with zero attached hydrogens (tertiary/aromatic N) is 3. The smallest absolute Gasteiger partial charge is 0.396 e. The average molecular weight is 297 g/mol. The van der Waals surface area contributed by atoms with E-state index in [4.69, 9.17) is 5.26 Å². The zero-order chi connectivity index (χ0) is 15.5. The van der Waals surface area contributed by atoms with Crippen molar-refractivity contribution in [2.24, 2.45) is 0 Å². The average Bonchev–Trinajstić information content (AvgIpc) is 2.28. The molecular formula is C9H4F5N3O3. The fraction of sp³-hybridized carbons (Fsp3) is 0.333. The molecule has 1 rings (SSSR count). The second kappa shape index (κ2) is 5.64. The van der Waals surface area contributed by atoms with Crippen LogP contribution in [0.1, 0.15) is 17.7 Å². The Morgan fingerprint density at radius 1 is 1.50 bits per heavy atom. The Kier molecular flexibility index (Phi) is 4.38. The highest BCUT2D eigenvalue weighted by Gasteiger charge is 2.39. The summed E-state index contributed by atoms with van der Waals surface area (Å²) in [6, 6.07) is 1.41. The highest BCUT2D eigenvalue weighted by molar-refractivity contribution is 5.55. The van der Waals surface area contributed by atoms with E-state index in [9.17, 15) is 32.1 Å². The van der Waals surface area contributed by atoms with E-state index in [-0.39, 0.29) is 0 Å². The number of alkyl halides is 5. The summed E-state index contributed by atoms with van der Waals surface area (Å²) in [5, 5.41) is 19.1. The molecule has 0 unspecified atom stereocenters. The molecule has 0 bridgehead atoms. The highest BCUT2D eigenvalue weighted by atomic mass is 19.4. The van der Waals surface area contributed by atoms with E-state index in [0.29, 0.717) is 6.20 Å². The minimum absolute atomic E-state index is 0.346. The second-order valence-corrected chi connectivity index (χ2v) is 3.28. The fourth-order valence-electron chi connectivity index (χ4n) is 1.31. The molecule has 0 spiro atoms. The minimum Gasteiger partial charge on any atom is -0.396 e. The van der Waals surface area contributed by atoms with Gasteiger partial charge < -0.3 is 4.74 Å². The summed E-state index contributed by atoms with van der Waals surface area (Å²) in [5.74, 6) is -1.50. The third kappa shape index (κ3) is 3.50. The first-order valence-electron chi connectivity index (χ1n) is 4.74. The van der Waals surface area contributed by atoms with Crippen LogP contribution in [0.25, 0.3) is 0 Å². The Morgan fingerprint density at radius 2 is 2.10 bits per heavy atom. The molecule has 1 heterocycles. The van der Waals surface area contributed by atoms with E-state index in [1.807, 2.05) is 0 Å². The van der Waals surface area contributed by atoms with Crippen molar-refractivity contribution in [2.45, 2.75) is 19.2 Å². The Balaban J connectivity index is 3.57. The minimum atomic E-state index is -5.35. The molecule has 0 amide bonds. The summed E-state index contributed by atoms with van der Waals surface area (Å²) < 4.78 is 65.1. The normalized spacial score (nSPS) is 11.2. The molecular weight excluding hydrogens is 293 g/mol. The number of hydrogen-bond donors (Lipinski definition) is 0. The third-order valence-electron chi connectivity index (χ3n) is 1.99. The Bertz CT molecular complexity index is 567. The molecule has 0 radical (unpaired) electrons. The summed E-state index contributed by atoms with van der Waals surface area (Å²) in [6.45, 7) is 0. The molecule has 1 aromatic heterocycles. The topological polar surface area (TPSA) is 89.0 Å². The predicted octanol–water partition coefficient (Wildman–Crippen LogP) is 2.89. The van der Waals surface area contributed by atoms with Crippen molar-refractivity contribution in [1.29, 1.82) is 5.26 Å². The summed E-state index contributed by atoms with van der Waals surface area (Å²) >= 11 is 0. The van der Waals surface area contributed by atoms with Gasteiger partial charge in [0, 0.05) is 6.20 Å². The maximum atomic E-state index is 12.6. The molecule has 0 fully saturated rings. The van der Waals surface area contributed by atoms with Gasteiger partial charge >= 0.3 is 12.0 Å². The van der Waals surface area contributed by atoms with Crippen LogP contribution < -0.4 is 4.74 Å². The molecule has 0 aliphatic rings. The first-order chi connectivity index (χ1) is 9.17. The number of nitro groups is 1. The molecule has 108 valence electrons. The van der Waals surface area contributed by atoms with Crippen molar-refractivity contribution >= 4 is 5.69 Å². The molecule has 0 aromatic carbocycles. The molecule has 6 nitrogen and oxygen atoms in total.